The molecule has 0 aliphatic heterocycles. The maximum absolute atomic E-state index is 12.2. The highest BCUT2D eigenvalue weighted by molar-refractivity contribution is 6.34. The molecule has 1 N–H and O–H groups in total. The number of pyridine rings is 1. The Morgan fingerprint density at radius 2 is 2.05 bits per heavy atom. The van der Waals surface area contributed by atoms with E-state index < -0.39 is 11.4 Å². The Balaban J connectivity index is 2.94. The van der Waals surface area contributed by atoms with E-state index in [2.05, 4.69) is 0 Å². The van der Waals surface area contributed by atoms with Gasteiger partial charge in [0.1, 0.15) is 5.56 Å². The Morgan fingerprint density at radius 1 is 1.40 bits per heavy atom. The zero-order valence-corrected chi connectivity index (χ0v) is 12.2. The number of aromatic carboxylic acids is 1. The summed E-state index contributed by atoms with van der Waals surface area (Å²) < 4.78 is 1.74. The highest BCUT2D eigenvalue weighted by Gasteiger charge is 2.16. The second kappa shape index (κ2) is 5.17. The Labute approximate surface area is 121 Å². The third-order valence-electron chi connectivity index (χ3n) is 3.20. The molecular formula is C14H15ClN2O3. The SMILES string of the molecule is CCn1cc(C(=O)O)c(=O)c2cc(Cl)c(N(C)C)cc21. The first kappa shape index (κ1) is 14.4. The number of anilines is 1. The zero-order chi connectivity index (χ0) is 15.0. The topological polar surface area (TPSA) is 62.5 Å². The van der Waals surface area contributed by atoms with Gasteiger partial charge < -0.3 is 14.6 Å². The Hall–Kier alpha value is -2.01. The highest BCUT2D eigenvalue weighted by Crippen LogP contribution is 2.28. The Bertz CT molecular complexity index is 750. The predicted octanol–water partition coefficient (Wildman–Crippen LogP) is 2.44. The Kier molecular flexibility index (Phi) is 3.72. The lowest BCUT2D eigenvalue weighted by molar-refractivity contribution is 0.0695. The number of benzene rings is 1. The lowest BCUT2D eigenvalue weighted by Gasteiger charge is -2.17. The molecule has 0 atom stereocenters. The van der Waals surface area contributed by atoms with E-state index in [1.807, 2.05) is 25.9 Å². The van der Waals surface area contributed by atoms with Gasteiger partial charge in [-0.3, -0.25) is 4.79 Å². The monoisotopic (exact) mass is 294 g/mol. The van der Waals surface area contributed by atoms with Gasteiger partial charge in [-0.05, 0) is 19.1 Å². The highest BCUT2D eigenvalue weighted by atomic mass is 35.5. The van der Waals surface area contributed by atoms with E-state index in [0.29, 0.717) is 22.5 Å². The molecule has 0 saturated heterocycles. The molecule has 20 heavy (non-hydrogen) atoms. The number of halogens is 1. The summed E-state index contributed by atoms with van der Waals surface area (Å²) in [7, 11) is 3.71. The van der Waals surface area contributed by atoms with Gasteiger partial charge in [0.05, 0.1) is 16.2 Å². The number of carbonyl (C=O) groups is 1. The second-order valence-corrected chi connectivity index (χ2v) is 5.09. The molecule has 6 heteroatoms. The van der Waals surface area contributed by atoms with Crippen LogP contribution >= 0.6 is 11.6 Å². The molecule has 1 aromatic carbocycles. The average molecular weight is 295 g/mol. The van der Waals surface area contributed by atoms with Crippen molar-refractivity contribution >= 4 is 34.2 Å². The predicted molar refractivity (Wildman–Crippen MR) is 80.2 cm³/mol. The van der Waals surface area contributed by atoms with E-state index in [4.69, 9.17) is 16.7 Å². The van der Waals surface area contributed by atoms with Crippen molar-refractivity contribution in [2.45, 2.75) is 13.5 Å². The molecule has 0 aliphatic rings. The fourth-order valence-corrected chi connectivity index (χ4v) is 2.49. The van der Waals surface area contributed by atoms with Crippen molar-refractivity contribution < 1.29 is 9.90 Å². The fraction of sp³-hybridized carbons (Fsp3) is 0.286. The van der Waals surface area contributed by atoms with Gasteiger partial charge in [-0.2, -0.15) is 0 Å². The van der Waals surface area contributed by atoms with Crippen molar-refractivity contribution in [2.24, 2.45) is 0 Å². The molecule has 1 aromatic heterocycles. The molecule has 2 rings (SSSR count). The molecule has 0 spiro atoms. The minimum Gasteiger partial charge on any atom is -0.477 e. The molecule has 0 saturated carbocycles. The summed E-state index contributed by atoms with van der Waals surface area (Å²) in [6.45, 7) is 2.45. The lowest BCUT2D eigenvalue weighted by Crippen LogP contribution is -2.19. The van der Waals surface area contributed by atoms with Crippen LogP contribution in [0.4, 0.5) is 5.69 Å². The molecule has 0 unspecified atom stereocenters. The van der Waals surface area contributed by atoms with E-state index in [1.165, 1.54) is 12.3 Å². The number of aryl methyl sites for hydroxylation is 1. The standard InChI is InChI=1S/C14H15ClN2O3/c1-4-17-7-9(14(19)20)13(18)8-5-10(15)12(16(2)3)6-11(8)17/h5-7H,4H2,1-3H3,(H,19,20). The van der Waals surface area contributed by atoms with Crippen LogP contribution in [0.3, 0.4) is 0 Å². The van der Waals surface area contributed by atoms with Gasteiger partial charge in [0.25, 0.3) is 0 Å². The van der Waals surface area contributed by atoms with Crippen LogP contribution in [-0.4, -0.2) is 29.7 Å². The zero-order valence-electron chi connectivity index (χ0n) is 11.5. The van der Waals surface area contributed by atoms with Crippen LogP contribution in [0.2, 0.25) is 5.02 Å². The molecule has 0 amide bonds. The minimum absolute atomic E-state index is 0.243. The molecule has 2 aromatic rings. The molecule has 1 heterocycles. The number of carboxylic acids is 1. The number of nitrogens with zero attached hydrogens (tertiary/aromatic N) is 2. The third kappa shape index (κ3) is 2.25. The van der Waals surface area contributed by atoms with Crippen molar-refractivity contribution in [2.75, 3.05) is 19.0 Å². The number of rotatable bonds is 3. The average Bonchev–Trinajstić information content (AvgIpc) is 2.38. The smallest absolute Gasteiger partial charge is 0.341 e. The summed E-state index contributed by atoms with van der Waals surface area (Å²) in [6, 6.07) is 3.33. The van der Waals surface area contributed by atoms with E-state index >= 15 is 0 Å². The first-order valence-electron chi connectivity index (χ1n) is 6.14. The Morgan fingerprint density at radius 3 is 2.55 bits per heavy atom. The molecule has 0 bridgehead atoms. The molecule has 0 fully saturated rings. The van der Waals surface area contributed by atoms with Crippen molar-refractivity contribution in [1.29, 1.82) is 0 Å². The van der Waals surface area contributed by atoms with Crippen LogP contribution in [0.1, 0.15) is 17.3 Å². The van der Waals surface area contributed by atoms with Gasteiger partial charge >= 0.3 is 5.97 Å². The molecule has 0 aliphatic carbocycles. The summed E-state index contributed by atoms with van der Waals surface area (Å²) in [5.41, 5.74) is 0.705. The van der Waals surface area contributed by atoms with Crippen molar-refractivity contribution in [3.8, 4) is 0 Å². The van der Waals surface area contributed by atoms with E-state index in [9.17, 15) is 9.59 Å². The maximum atomic E-state index is 12.2. The first-order valence-corrected chi connectivity index (χ1v) is 6.52. The van der Waals surface area contributed by atoms with Gasteiger partial charge in [0.15, 0.2) is 0 Å². The molecular weight excluding hydrogens is 280 g/mol. The number of aromatic nitrogens is 1. The van der Waals surface area contributed by atoms with Gasteiger partial charge in [-0.1, -0.05) is 11.6 Å². The summed E-state index contributed by atoms with van der Waals surface area (Å²) in [6.07, 6.45) is 1.38. The molecule has 0 radical (unpaired) electrons. The van der Waals surface area contributed by atoms with Crippen LogP contribution in [0, 0.1) is 0 Å². The van der Waals surface area contributed by atoms with Gasteiger partial charge in [0.2, 0.25) is 5.43 Å². The van der Waals surface area contributed by atoms with Crippen molar-refractivity contribution in [1.82, 2.24) is 4.57 Å². The van der Waals surface area contributed by atoms with Crippen LogP contribution in [0.25, 0.3) is 10.9 Å². The van der Waals surface area contributed by atoms with Gasteiger partial charge in [0, 0.05) is 32.2 Å². The molecule has 5 nitrogen and oxygen atoms in total. The van der Waals surface area contributed by atoms with Crippen molar-refractivity contribution in [3.63, 3.8) is 0 Å². The van der Waals surface area contributed by atoms with Gasteiger partial charge in [-0.25, -0.2) is 4.79 Å². The summed E-state index contributed by atoms with van der Waals surface area (Å²) in [5.74, 6) is -1.23. The van der Waals surface area contributed by atoms with E-state index in [1.54, 1.807) is 10.6 Å². The fourth-order valence-electron chi connectivity index (χ4n) is 2.16. The number of hydrogen-bond acceptors (Lipinski definition) is 3. The third-order valence-corrected chi connectivity index (χ3v) is 3.50. The second-order valence-electron chi connectivity index (χ2n) is 4.68. The van der Waals surface area contributed by atoms with Crippen LogP contribution in [0.5, 0.6) is 0 Å². The number of hydrogen-bond donors (Lipinski definition) is 1. The van der Waals surface area contributed by atoms with E-state index in [0.717, 1.165) is 5.69 Å². The van der Waals surface area contributed by atoms with Crippen molar-refractivity contribution in [3.05, 3.63) is 39.1 Å². The van der Waals surface area contributed by atoms with Crippen LogP contribution in [0.15, 0.2) is 23.1 Å². The number of fused-ring (bicyclic) bond motifs is 1. The first-order chi connectivity index (χ1) is 9.36. The number of carboxylic acid groups (broad SMARTS) is 1. The summed E-state index contributed by atoms with van der Waals surface area (Å²) >= 11 is 6.16. The minimum atomic E-state index is -1.23. The van der Waals surface area contributed by atoms with Crippen LogP contribution in [-0.2, 0) is 6.54 Å². The summed E-state index contributed by atoms with van der Waals surface area (Å²) in [4.78, 5) is 25.2. The van der Waals surface area contributed by atoms with Crippen LogP contribution < -0.4 is 10.3 Å². The quantitative estimate of drug-likeness (QED) is 0.944. The maximum Gasteiger partial charge on any atom is 0.341 e. The normalized spacial score (nSPS) is 10.8. The summed E-state index contributed by atoms with van der Waals surface area (Å²) in [5, 5.41) is 9.85. The largest absolute Gasteiger partial charge is 0.477 e. The van der Waals surface area contributed by atoms with E-state index in [-0.39, 0.29) is 5.56 Å². The van der Waals surface area contributed by atoms with Gasteiger partial charge in [-0.15, -0.1) is 0 Å². The lowest BCUT2D eigenvalue weighted by atomic mass is 10.1. The molecule has 106 valence electrons.